The molecule has 9 nitrogen and oxygen atoms in total. The summed E-state index contributed by atoms with van der Waals surface area (Å²) in [6.45, 7) is -0.862. The maximum absolute atomic E-state index is 11.4. The second-order valence-electron chi connectivity index (χ2n) is 5.80. The van der Waals surface area contributed by atoms with E-state index in [1.165, 1.54) is 12.1 Å². The average molecular weight is 343 g/mol. The van der Waals surface area contributed by atoms with Crippen molar-refractivity contribution in [1.29, 1.82) is 0 Å². The van der Waals surface area contributed by atoms with Gasteiger partial charge in [-0.15, -0.1) is 0 Å². The van der Waals surface area contributed by atoms with Gasteiger partial charge in [0.15, 0.2) is 0 Å². The fraction of sp³-hybridized carbons (Fsp3) is 0.533. The van der Waals surface area contributed by atoms with Gasteiger partial charge >= 0.3 is 5.97 Å². The lowest BCUT2D eigenvalue weighted by molar-refractivity contribution is -0.318. The highest BCUT2D eigenvalue weighted by Crippen LogP contribution is 2.23. The maximum Gasteiger partial charge on any atom is 0.321 e. The number of rotatable bonds is 6. The van der Waals surface area contributed by atoms with Crippen LogP contribution in [0.3, 0.4) is 0 Å². The minimum absolute atomic E-state index is 0.0548. The molecule has 0 amide bonds. The molecule has 7 N–H and O–H groups in total. The van der Waals surface area contributed by atoms with Crippen molar-refractivity contribution in [3.8, 4) is 5.75 Å². The number of ether oxygens (including phenoxy) is 1. The van der Waals surface area contributed by atoms with Gasteiger partial charge in [0.2, 0.25) is 5.79 Å². The van der Waals surface area contributed by atoms with Crippen LogP contribution in [0.5, 0.6) is 5.75 Å². The van der Waals surface area contributed by atoms with E-state index in [-0.39, 0.29) is 12.2 Å². The minimum Gasteiger partial charge on any atom is -0.508 e. The highest BCUT2D eigenvalue weighted by molar-refractivity contribution is 5.73. The van der Waals surface area contributed by atoms with Crippen LogP contribution in [-0.2, 0) is 16.0 Å². The van der Waals surface area contributed by atoms with Crippen LogP contribution in [0.2, 0.25) is 0 Å². The molecule has 0 radical (unpaired) electrons. The SMILES string of the molecule is O=C(O)[C@@H](Cc1ccc(O)cc1)NC[C@@]1(O)OC[C@@H](O)[C@@H](O)[C@@H]1O. The molecule has 1 aromatic carbocycles. The molecular weight excluding hydrogens is 322 g/mol. The largest absolute Gasteiger partial charge is 0.508 e. The number of phenolic OH excluding ortho intramolecular Hbond substituents is 1. The van der Waals surface area contributed by atoms with Crippen LogP contribution in [0.1, 0.15) is 5.56 Å². The first kappa shape index (κ1) is 18.6. The molecule has 1 saturated heterocycles. The molecule has 5 atom stereocenters. The Bertz CT molecular complexity index is 565. The molecule has 0 unspecified atom stereocenters. The van der Waals surface area contributed by atoms with E-state index < -0.39 is 49.3 Å². The Kier molecular flexibility index (Phi) is 5.75. The lowest BCUT2D eigenvalue weighted by atomic mass is 9.96. The first-order chi connectivity index (χ1) is 11.2. The minimum atomic E-state index is -2.22. The van der Waals surface area contributed by atoms with E-state index in [1.54, 1.807) is 12.1 Å². The summed E-state index contributed by atoms with van der Waals surface area (Å²) in [7, 11) is 0. The van der Waals surface area contributed by atoms with Crippen molar-refractivity contribution in [1.82, 2.24) is 5.32 Å². The van der Waals surface area contributed by atoms with Gasteiger partial charge in [-0.3, -0.25) is 10.1 Å². The molecule has 1 heterocycles. The quantitative estimate of drug-likeness (QED) is 0.303. The summed E-state index contributed by atoms with van der Waals surface area (Å²) in [6.07, 6.45) is -4.68. The van der Waals surface area contributed by atoms with Gasteiger partial charge < -0.3 is 35.4 Å². The number of benzene rings is 1. The Morgan fingerprint density at radius 3 is 2.50 bits per heavy atom. The second kappa shape index (κ2) is 7.43. The maximum atomic E-state index is 11.4. The molecule has 134 valence electrons. The first-order valence-electron chi connectivity index (χ1n) is 7.37. The molecule has 2 rings (SSSR count). The van der Waals surface area contributed by atoms with Crippen LogP contribution in [0.25, 0.3) is 0 Å². The smallest absolute Gasteiger partial charge is 0.321 e. The molecule has 1 aromatic rings. The molecule has 1 aliphatic heterocycles. The fourth-order valence-electron chi connectivity index (χ4n) is 2.43. The van der Waals surface area contributed by atoms with E-state index >= 15 is 0 Å². The zero-order chi connectivity index (χ0) is 17.9. The van der Waals surface area contributed by atoms with Gasteiger partial charge in [0.25, 0.3) is 0 Å². The Hall–Kier alpha value is -1.75. The fourth-order valence-corrected chi connectivity index (χ4v) is 2.43. The van der Waals surface area contributed by atoms with Gasteiger partial charge in [-0.1, -0.05) is 12.1 Å². The molecular formula is C15H21NO8. The van der Waals surface area contributed by atoms with Crippen molar-refractivity contribution in [2.24, 2.45) is 0 Å². The summed E-state index contributed by atoms with van der Waals surface area (Å²) < 4.78 is 4.96. The van der Waals surface area contributed by atoms with E-state index in [9.17, 15) is 35.4 Å². The normalized spacial score (nSPS) is 31.6. The van der Waals surface area contributed by atoms with E-state index in [0.29, 0.717) is 5.56 Å². The topological polar surface area (TPSA) is 160 Å². The number of carbonyl (C=O) groups is 1. The van der Waals surface area contributed by atoms with Crippen LogP contribution < -0.4 is 5.32 Å². The molecule has 0 aliphatic carbocycles. The standard InChI is InChI=1S/C15H21NO8/c17-9-3-1-8(2-4-9)5-10(14(21)22)16-7-15(23)13(20)12(19)11(18)6-24-15/h1-4,10-13,16-20,23H,5-7H2,(H,21,22)/t10-,11-,12-,13+,15-/m1/s1. The Balaban J connectivity index is 2.00. The van der Waals surface area contributed by atoms with Crippen molar-refractivity contribution < 1.29 is 40.2 Å². The Morgan fingerprint density at radius 2 is 1.92 bits per heavy atom. The van der Waals surface area contributed by atoms with Crippen LogP contribution in [0.4, 0.5) is 0 Å². The van der Waals surface area contributed by atoms with Crippen molar-refractivity contribution >= 4 is 5.97 Å². The number of carboxylic acids is 1. The third-order valence-electron chi connectivity index (χ3n) is 3.96. The zero-order valence-electron chi connectivity index (χ0n) is 12.7. The number of aliphatic carboxylic acids is 1. The Morgan fingerprint density at radius 1 is 1.29 bits per heavy atom. The number of phenols is 1. The number of hydrogen-bond donors (Lipinski definition) is 7. The molecule has 0 saturated carbocycles. The van der Waals surface area contributed by atoms with E-state index in [4.69, 9.17) is 4.74 Å². The van der Waals surface area contributed by atoms with Crippen molar-refractivity contribution in [2.45, 2.75) is 36.6 Å². The molecule has 0 spiro atoms. The summed E-state index contributed by atoms with van der Waals surface area (Å²) >= 11 is 0. The summed E-state index contributed by atoms with van der Waals surface area (Å²) in [4.78, 5) is 11.4. The summed E-state index contributed by atoms with van der Waals surface area (Å²) in [5.74, 6) is -3.35. The van der Waals surface area contributed by atoms with Gasteiger partial charge in [0, 0.05) is 0 Å². The van der Waals surface area contributed by atoms with Gasteiger partial charge in [-0.05, 0) is 24.1 Å². The van der Waals surface area contributed by atoms with Gasteiger partial charge in [0.1, 0.15) is 30.1 Å². The molecule has 0 aromatic heterocycles. The molecule has 0 bridgehead atoms. The van der Waals surface area contributed by atoms with Crippen LogP contribution >= 0.6 is 0 Å². The second-order valence-corrected chi connectivity index (χ2v) is 5.80. The average Bonchev–Trinajstić information content (AvgIpc) is 2.55. The van der Waals surface area contributed by atoms with Gasteiger partial charge in [-0.2, -0.15) is 0 Å². The van der Waals surface area contributed by atoms with Crippen LogP contribution in [0.15, 0.2) is 24.3 Å². The molecule has 1 fully saturated rings. The third kappa shape index (κ3) is 4.20. The molecule has 1 aliphatic rings. The number of carboxylic acid groups (broad SMARTS) is 1. The first-order valence-corrected chi connectivity index (χ1v) is 7.37. The van der Waals surface area contributed by atoms with Gasteiger partial charge in [-0.25, -0.2) is 0 Å². The van der Waals surface area contributed by atoms with Crippen molar-refractivity contribution in [3.05, 3.63) is 29.8 Å². The van der Waals surface area contributed by atoms with E-state index in [2.05, 4.69) is 5.32 Å². The number of aliphatic hydroxyl groups is 4. The number of aliphatic hydroxyl groups excluding tert-OH is 3. The molecule has 9 heteroatoms. The summed E-state index contributed by atoms with van der Waals surface area (Å²) in [5.41, 5.74) is 0.639. The molecule has 24 heavy (non-hydrogen) atoms. The summed E-state index contributed by atoms with van der Waals surface area (Å²) in [6, 6.07) is 4.88. The monoisotopic (exact) mass is 343 g/mol. The van der Waals surface area contributed by atoms with E-state index in [0.717, 1.165) is 0 Å². The highest BCUT2D eigenvalue weighted by atomic mass is 16.6. The van der Waals surface area contributed by atoms with E-state index in [1.807, 2.05) is 0 Å². The Labute approximate surface area is 137 Å². The van der Waals surface area contributed by atoms with Gasteiger partial charge in [0.05, 0.1) is 13.2 Å². The number of aromatic hydroxyl groups is 1. The highest BCUT2D eigenvalue weighted by Gasteiger charge is 2.48. The zero-order valence-corrected chi connectivity index (χ0v) is 12.7. The van der Waals surface area contributed by atoms with Crippen molar-refractivity contribution in [2.75, 3.05) is 13.2 Å². The van der Waals surface area contributed by atoms with Crippen LogP contribution in [-0.4, -0.2) is 79.9 Å². The number of hydrogen-bond acceptors (Lipinski definition) is 8. The lowest BCUT2D eigenvalue weighted by Crippen LogP contribution is -2.65. The summed E-state index contributed by atoms with van der Waals surface area (Å²) in [5, 5.41) is 60.1. The van der Waals surface area contributed by atoms with Crippen LogP contribution in [0, 0.1) is 0 Å². The predicted octanol–water partition coefficient (Wildman–Crippen LogP) is -2.22. The lowest BCUT2D eigenvalue weighted by Gasteiger charge is -2.42. The third-order valence-corrected chi connectivity index (χ3v) is 3.96. The predicted molar refractivity (Wildman–Crippen MR) is 80.2 cm³/mol. The van der Waals surface area contributed by atoms with Crippen molar-refractivity contribution in [3.63, 3.8) is 0 Å². The number of nitrogens with one attached hydrogen (secondary N) is 1.